The van der Waals surface area contributed by atoms with Crippen molar-refractivity contribution in [2.75, 3.05) is 20.3 Å². The average molecular weight is 255 g/mol. The Morgan fingerprint density at radius 2 is 1.78 bits per heavy atom. The number of aliphatic carboxylic acids is 1. The van der Waals surface area contributed by atoms with E-state index in [1.807, 2.05) is 13.8 Å². The third kappa shape index (κ3) is 2.11. The van der Waals surface area contributed by atoms with Crippen LogP contribution in [0, 0.1) is 17.3 Å². The molecule has 18 heavy (non-hydrogen) atoms. The van der Waals surface area contributed by atoms with Gasteiger partial charge in [-0.25, -0.2) is 0 Å². The van der Waals surface area contributed by atoms with Crippen LogP contribution in [0.5, 0.6) is 0 Å². The molecule has 102 valence electrons. The Morgan fingerprint density at radius 3 is 2.22 bits per heavy atom. The fourth-order valence-corrected chi connectivity index (χ4v) is 3.03. The number of nitrogens with zero attached hydrogens (tertiary/aromatic N) is 1. The molecule has 0 radical (unpaired) electrons. The van der Waals surface area contributed by atoms with E-state index in [1.54, 1.807) is 11.9 Å². The molecule has 1 aliphatic carbocycles. The van der Waals surface area contributed by atoms with E-state index in [0.717, 1.165) is 12.8 Å². The molecule has 1 amide bonds. The van der Waals surface area contributed by atoms with Gasteiger partial charge in [0.25, 0.3) is 0 Å². The maximum Gasteiger partial charge on any atom is 0.307 e. The first kappa shape index (κ1) is 13.3. The van der Waals surface area contributed by atoms with Crippen LogP contribution in [0.1, 0.15) is 26.7 Å². The lowest BCUT2D eigenvalue weighted by Crippen LogP contribution is -2.42. The number of hydrogen-bond donors (Lipinski definition) is 1. The van der Waals surface area contributed by atoms with Gasteiger partial charge in [0.1, 0.15) is 0 Å². The predicted octanol–water partition coefficient (Wildman–Crippen LogP) is 0.981. The second-order valence-electron chi connectivity index (χ2n) is 5.91. The summed E-state index contributed by atoms with van der Waals surface area (Å²) in [6.45, 7) is 5.07. The topological polar surface area (TPSA) is 66.8 Å². The first-order chi connectivity index (χ1) is 8.37. The summed E-state index contributed by atoms with van der Waals surface area (Å²) in [6.07, 6.45) is 1.68. The number of hydrogen-bond acceptors (Lipinski definition) is 3. The van der Waals surface area contributed by atoms with Gasteiger partial charge < -0.3 is 14.7 Å². The van der Waals surface area contributed by atoms with Crippen molar-refractivity contribution in [3.05, 3.63) is 0 Å². The van der Waals surface area contributed by atoms with Crippen LogP contribution < -0.4 is 0 Å². The number of amides is 1. The maximum absolute atomic E-state index is 12.4. The van der Waals surface area contributed by atoms with Gasteiger partial charge in [0.05, 0.1) is 11.8 Å². The normalized spacial score (nSPS) is 30.8. The van der Waals surface area contributed by atoms with Gasteiger partial charge in [-0.15, -0.1) is 0 Å². The van der Waals surface area contributed by atoms with Crippen LogP contribution in [0.2, 0.25) is 0 Å². The Balaban J connectivity index is 2.01. The summed E-state index contributed by atoms with van der Waals surface area (Å²) in [5.74, 6) is -1.80. The predicted molar refractivity (Wildman–Crippen MR) is 65.0 cm³/mol. The van der Waals surface area contributed by atoms with Gasteiger partial charge in [-0.1, -0.05) is 13.8 Å². The molecule has 1 heterocycles. The van der Waals surface area contributed by atoms with E-state index < -0.39 is 17.3 Å². The van der Waals surface area contributed by atoms with Gasteiger partial charge in [-0.3, -0.25) is 9.59 Å². The van der Waals surface area contributed by atoms with Crippen LogP contribution in [-0.2, 0) is 14.3 Å². The quantitative estimate of drug-likeness (QED) is 0.816. The van der Waals surface area contributed by atoms with E-state index in [1.165, 1.54) is 0 Å². The van der Waals surface area contributed by atoms with Crippen molar-refractivity contribution in [1.82, 2.24) is 4.90 Å². The first-order valence-electron chi connectivity index (χ1n) is 6.44. The zero-order chi connectivity index (χ0) is 13.5. The van der Waals surface area contributed by atoms with Crippen molar-refractivity contribution in [3.63, 3.8) is 0 Å². The summed E-state index contributed by atoms with van der Waals surface area (Å²) < 4.78 is 5.27. The van der Waals surface area contributed by atoms with Gasteiger partial charge in [-0.05, 0) is 18.3 Å². The average Bonchev–Trinajstić information content (AvgIpc) is 2.92. The zero-order valence-corrected chi connectivity index (χ0v) is 11.2. The summed E-state index contributed by atoms with van der Waals surface area (Å²) in [6, 6.07) is 0.192. The molecule has 1 aliphatic heterocycles. The zero-order valence-electron chi connectivity index (χ0n) is 11.2. The van der Waals surface area contributed by atoms with E-state index in [2.05, 4.69) is 0 Å². The smallest absolute Gasteiger partial charge is 0.307 e. The Labute approximate surface area is 107 Å². The molecule has 0 aromatic rings. The van der Waals surface area contributed by atoms with Crippen LogP contribution in [0.25, 0.3) is 0 Å². The van der Waals surface area contributed by atoms with Crippen molar-refractivity contribution < 1.29 is 19.4 Å². The number of ether oxygens (including phenoxy) is 1. The fourth-order valence-electron chi connectivity index (χ4n) is 3.03. The summed E-state index contributed by atoms with van der Waals surface area (Å²) >= 11 is 0. The van der Waals surface area contributed by atoms with Gasteiger partial charge in [0.2, 0.25) is 5.91 Å². The largest absolute Gasteiger partial charge is 0.481 e. The fraction of sp³-hybridized carbons (Fsp3) is 0.846. The molecule has 1 N–H and O–H groups in total. The number of carbonyl (C=O) groups excluding carboxylic acids is 1. The Kier molecular flexibility index (Phi) is 3.36. The summed E-state index contributed by atoms with van der Waals surface area (Å²) in [7, 11) is 1.78. The third-order valence-corrected chi connectivity index (χ3v) is 4.45. The van der Waals surface area contributed by atoms with E-state index in [-0.39, 0.29) is 17.9 Å². The second kappa shape index (κ2) is 4.53. The van der Waals surface area contributed by atoms with E-state index in [9.17, 15) is 9.59 Å². The minimum atomic E-state index is -0.862. The molecule has 2 rings (SSSR count). The monoisotopic (exact) mass is 255 g/mol. The van der Waals surface area contributed by atoms with Crippen molar-refractivity contribution >= 4 is 11.9 Å². The summed E-state index contributed by atoms with van der Waals surface area (Å²) in [5, 5.41) is 9.11. The van der Waals surface area contributed by atoms with Crippen LogP contribution in [0.3, 0.4) is 0 Å². The summed E-state index contributed by atoms with van der Waals surface area (Å²) in [4.78, 5) is 25.2. The lowest BCUT2D eigenvalue weighted by Gasteiger charge is -2.31. The number of carbonyl (C=O) groups is 2. The highest BCUT2D eigenvalue weighted by molar-refractivity contribution is 5.91. The third-order valence-electron chi connectivity index (χ3n) is 4.45. The molecule has 0 aromatic heterocycles. The van der Waals surface area contributed by atoms with Crippen molar-refractivity contribution in [2.24, 2.45) is 17.3 Å². The van der Waals surface area contributed by atoms with Gasteiger partial charge >= 0.3 is 5.97 Å². The highest BCUT2D eigenvalue weighted by atomic mass is 16.5. The minimum absolute atomic E-state index is 0.0284. The molecule has 2 unspecified atom stereocenters. The van der Waals surface area contributed by atoms with Crippen LogP contribution >= 0.6 is 0 Å². The molecule has 2 aliphatic rings. The van der Waals surface area contributed by atoms with Gasteiger partial charge in [-0.2, -0.15) is 0 Å². The molecule has 2 atom stereocenters. The van der Waals surface area contributed by atoms with Gasteiger partial charge in [0.15, 0.2) is 0 Å². The molecule has 0 spiro atoms. The molecule has 5 nitrogen and oxygen atoms in total. The molecular formula is C13H21NO4. The Bertz CT molecular complexity index is 360. The van der Waals surface area contributed by atoms with Crippen molar-refractivity contribution in [2.45, 2.75) is 32.7 Å². The number of carboxylic acid groups (broad SMARTS) is 1. The van der Waals surface area contributed by atoms with Gasteiger partial charge in [0, 0.05) is 26.3 Å². The van der Waals surface area contributed by atoms with E-state index in [0.29, 0.717) is 13.2 Å². The van der Waals surface area contributed by atoms with Crippen molar-refractivity contribution in [1.29, 1.82) is 0 Å². The van der Waals surface area contributed by atoms with E-state index >= 15 is 0 Å². The highest BCUT2D eigenvalue weighted by Crippen LogP contribution is 2.59. The molecule has 2 fully saturated rings. The van der Waals surface area contributed by atoms with Crippen LogP contribution in [0.15, 0.2) is 0 Å². The highest BCUT2D eigenvalue weighted by Gasteiger charge is 2.66. The SMILES string of the molecule is CN(C(=O)C1C(C(=O)O)C1(C)C)C1CCOCC1. The summed E-state index contributed by atoms with van der Waals surface area (Å²) in [5.41, 5.74) is -0.414. The minimum Gasteiger partial charge on any atom is -0.481 e. The Hall–Kier alpha value is -1.10. The molecule has 1 saturated heterocycles. The standard InChI is InChI=1S/C13H21NO4/c1-13(2)9(10(13)12(16)17)11(15)14(3)8-4-6-18-7-5-8/h8-10H,4-7H2,1-3H3,(H,16,17). The molecule has 5 heteroatoms. The molecule has 0 bridgehead atoms. The lowest BCUT2D eigenvalue weighted by atomic mass is 10.1. The lowest BCUT2D eigenvalue weighted by molar-refractivity contribution is -0.142. The number of carboxylic acids is 1. The Morgan fingerprint density at radius 1 is 1.22 bits per heavy atom. The first-order valence-corrected chi connectivity index (χ1v) is 6.44. The van der Waals surface area contributed by atoms with Crippen LogP contribution in [0.4, 0.5) is 0 Å². The molecular weight excluding hydrogens is 234 g/mol. The van der Waals surface area contributed by atoms with Crippen molar-refractivity contribution in [3.8, 4) is 0 Å². The van der Waals surface area contributed by atoms with E-state index in [4.69, 9.17) is 9.84 Å². The number of rotatable bonds is 3. The molecule has 1 saturated carbocycles. The maximum atomic E-state index is 12.4. The van der Waals surface area contributed by atoms with Crippen LogP contribution in [-0.4, -0.2) is 48.2 Å². The molecule has 0 aromatic carbocycles. The second-order valence-corrected chi connectivity index (χ2v) is 5.91.